The molecule has 0 spiro atoms. The number of allylic oxidation sites excluding steroid dienone is 1. The molecule has 1 aliphatic heterocycles. The van der Waals surface area contributed by atoms with E-state index in [9.17, 15) is 14.4 Å². The van der Waals surface area contributed by atoms with Gasteiger partial charge in [0.15, 0.2) is 8.32 Å². The van der Waals surface area contributed by atoms with E-state index < -0.39 is 44.1 Å². The minimum absolute atomic E-state index is 0.0329. The third-order valence-corrected chi connectivity index (χ3v) is 15.2. The second-order valence-corrected chi connectivity index (χ2v) is 22.5. The normalized spacial score (nSPS) is 16.9. The summed E-state index contributed by atoms with van der Waals surface area (Å²) in [5.74, 6) is -0.879. The third-order valence-electron chi connectivity index (χ3n) is 10.6. The maximum atomic E-state index is 14.6. The fourth-order valence-electron chi connectivity index (χ4n) is 6.55. The van der Waals surface area contributed by atoms with Crippen molar-refractivity contribution in [2.45, 2.75) is 142 Å². The summed E-state index contributed by atoms with van der Waals surface area (Å²) in [7, 11) is -2.44. The van der Waals surface area contributed by atoms with Gasteiger partial charge in [-0.15, -0.1) is 0 Å². The molecule has 2 aromatic rings. The number of benzene rings is 2. The van der Waals surface area contributed by atoms with Gasteiger partial charge in [0.2, 0.25) is 11.8 Å². The van der Waals surface area contributed by atoms with Crippen LogP contribution in [0, 0.1) is 11.8 Å². The Morgan fingerprint density at radius 3 is 2.04 bits per heavy atom. The Kier molecular flexibility index (Phi) is 17.0. The lowest BCUT2D eigenvalue weighted by molar-refractivity contribution is -0.139. The number of carbonyl (C=O) groups excluding carboxylic acids is 3. The number of hydrogen-bond acceptors (Lipinski definition) is 6. The molecule has 0 saturated carbocycles. The molecule has 3 N–H and O–H groups in total. The molecule has 3 rings (SSSR count). The molecule has 3 amide bonds. The summed E-state index contributed by atoms with van der Waals surface area (Å²) in [5.41, 5.74) is 1.38. The monoisotopic (exact) mass is 763 g/mol. The van der Waals surface area contributed by atoms with Gasteiger partial charge in [-0.1, -0.05) is 114 Å². The van der Waals surface area contributed by atoms with Gasteiger partial charge in [0, 0.05) is 25.0 Å². The Hall–Kier alpha value is -3.47. The van der Waals surface area contributed by atoms with Crippen LogP contribution in [0.5, 0.6) is 0 Å². The van der Waals surface area contributed by atoms with E-state index in [1.165, 1.54) is 0 Å². The summed E-state index contributed by atoms with van der Waals surface area (Å²) in [6, 6.07) is 19.3. The van der Waals surface area contributed by atoms with E-state index in [4.69, 9.17) is 9.16 Å². The number of amides is 3. The summed E-state index contributed by atoms with van der Waals surface area (Å²) in [4.78, 5) is 44.0. The number of rotatable bonds is 17. The Morgan fingerprint density at radius 2 is 1.50 bits per heavy atom. The number of likely N-dealkylation sites (tertiary alicyclic amines) is 1. The summed E-state index contributed by atoms with van der Waals surface area (Å²) in [6.07, 6.45) is 6.05. The van der Waals surface area contributed by atoms with E-state index in [-0.39, 0.29) is 22.8 Å². The van der Waals surface area contributed by atoms with Crippen LogP contribution in [0.1, 0.15) is 99.1 Å². The lowest BCUT2D eigenvalue weighted by Gasteiger charge is -2.42. The van der Waals surface area contributed by atoms with Crippen LogP contribution in [0.15, 0.2) is 66.7 Å². The molecule has 1 saturated heterocycles. The highest BCUT2D eigenvalue weighted by Crippen LogP contribution is 2.39. The van der Waals surface area contributed by atoms with Crippen molar-refractivity contribution in [2.75, 3.05) is 19.6 Å². The zero-order valence-corrected chi connectivity index (χ0v) is 36.0. The molecule has 9 nitrogen and oxygen atoms in total. The van der Waals surface area contributed by atoms with E-state index in [0.717, 1.165) is 30.5 Å². The van der Waals surface area contributed by atoms with Crippen LogP contribution < -0.4 is 16.0 Å². The van der Waals surface area contributed by atoms with Gasteiger partial charge in [-0.3, -0.25) is 9.59 Å². The number of alkyl carbamates (subject to hydrolysis) is 1. The van der Waals surface area contributed by atoms with Crippen LogP contribution in [0.4, 0.5) is 4.79 Å². The van der Waals surface area contributed by atoms with Gasteiger partial charge in [0.1, 0.15) is 11.6 Å². The molecule has 3 unspecified atom stereocenters. The molecular formula is C44H70N4O5Si. The number of hydrogen-bond donors (Lipinski definition) is 3. The number of nitrogens with one attached hydrogen (secondary N) is 3. The molecule has 54 heavy (non-hydrogen) atoms. The van der Waals surface area contributed by atoms with Crippen molar-refractivity contribution < 1.29 is 23.5 Å². The van der Waals surface area contributed by atoms with E-state index >= 15 is 0 Å². The number of ether oxygens (including phenoxy) is 1. The molecule has 0 aromatic heterocycles. The molecule has 0 aliphatic carbocycles. The topological polar surface area (TPSA) is 109 Å². The predicted octanol–water partition coefficient (Wildman–Crippen LogP) is 8.36. The lowest BCUT2D eigenvalue weighted by atomic mass is 9.89. The van der Waals surface area contributed by atoms with Crippen LogP contribution in [-0.4, -0.2) is 80.6 Å². The first-order valence-corrected chi connectivity index (χ1v) is 23.0. The van der Waals surface area contributed by atoms with Crippen LogP contribution in [0.3, 0.4) is 0 Å². The first kappa shape index (κ1) is 44.9. The van der Waals surface area contributed by atoms with Crippen molar-refractivity contribution in [3.8, 4) is 0 Å². The molecule has 0 bridgehead atoms. The van der Waals surface area contributed by atoms with E-state index in [1.54, 1.807) is 0 Å². The van der Waals surface area contributed by atoms with E-state index in [0.29, 0.717) is 38.4 Å². The zero-order chi connectivity index (χ0) is 40.1. The highest BCUT2D eigenvalue weighted by molar-refractivity contribution is 6.74. The average Bonchev–Trinajstić information content (AvgIpc) is 3.09. The van der Waals surface area contributed by atoms with Crippen molar-refractivity contribution in [3.63, 3.8) is 0 Å². The van der Waals surface area contributed by atoms with Crippen molar-refractivity contribution in [2.24, 2.45) is 11.8 Å². The highest BCUT2D eigenvalue weighted by Gasteiger charge is 2.43. The summed E-state index contributed by atoms with van der Waals surface area (Å²) in [6.45, 7) is 24.8. The number of carbonyl (C=O) groups is 3. The van der Waals surface area contributed by atoms with Crippen molar-refractivity contribution in [1.29, 1.82) is 0 Å². The van der Waals surface area contributed by atoms with E-state index in [2.05, 4.69) is 56.7 Å². The van der Waals surface area contributed by atoms with Crippen molar-refractivity contribution >= 4 is 32.3 Å². The summed E-state index contributed by atoms with van der Waals surface area (Å²) < 4.78 is 13.0. The first-order valence-electron chi connectivity index (χ1n) is 20.0. The van der Waals surface area contributed by atoms with Crippen LogP contribution in [-0.2, 0) is 25.2 Å². The zero-order valence-electron chi connectivity index (χ0n) is 35.0. The molecule has 1 aliphatic rings. The fourth-order valence-corrected chi connectivity index (χ4v) is 7.92. The Labute approximate surface area is 327 Å². The molecule has 2 aromatic carbocycles. The largest absolute Gasteiger partial charge is 0.444 e. The Balaban J connectivity index is 2.02. The number of piperidine rings is 1. The van der Waals surface area contributed by atoms with E-state index in [1.807, 2.05) is 112 Å². The Morgan fingerprint density at radius 1 is 0.907 bits per heavy atom. The average molecular weight is 763 g/mol. The highest BCUT2D eigenvalue weighted by atomic mass is 28.4. The lowest BCUT2D eigenvalue weighted by Crippen LogP contribution is -2.56. The third kappa shape index (κ3) is 14.6. The van der Waals surface area contributed by atoms with Gasteiger partial charge in [0.05, 0.1) is 12.1 Å². The molecular weight excluding hydrogens is 693 g/mol. The SMILES string of the molecule is CCNC1CCN(C(=O)[C@@H](NC(=O)C(CC=Cc2ccccc2)CC(O[Si](C)(C)C(C)(C)C)C(Cc2ccccc2)NC(=O)OC(C)(C)C)C(C)C)CC1. The number of nitrogens with zero attached hydrogens (tertiary/aromatic N) is 1. The van der Waals surface area contributed by atoms with Gasteiger partial charge >= 0.3 is 6.09 Å². The smallest absolute Gasteiger partial charge is 0.407 e. The second kappa shape index (κ2) is 20.4. The fraction of sp³-hybridized carbons (Fsp3) is 0.614. The maximum Gasteiger partial charge on any atom is 0.407 e. The standard InChI is InChI=1S/C44H70N4O5Si/c1-12-45-36-26-28-48(29-27-36)41(50)39(32(2)3)47-40(49)35(25-19-24-33-20-15-13-16-21-33)31-38(53-54(10,11)44(7,8)9)37(30-34-22-17-14-18-23-34)46-42(51)52-43(4,5)6/h13-24,32,35-39,45H,12,25-31H2,1-11H3,(H,46,51)(H,47,49)/t35?,37?,38?,39-/m0/s1. The van der Waals surface area contributed by atoms with Gasteiger partial charge in [-0.2, -0.15) is 0 Å². The van der Waals surface area contributed by atoms with Gasteiger partial charge in [0.25, 0.3) is 0 Å². The molecule has 1 heterocycles. The minimum atomic E-state index is -2.44. The quantitative estimate of drug-likeness (QED) is 0.140. The summed E-state index contributed by atoms with van der Waals surface area (Å²) >= 11 is 0. The second-order valence-electron chi connectivity index (χ2n) is 17.7. The van der Waals surface area contributed by atoms with Crippen LogP contribution in [0.25, 0.3) is 6.08 Å². The maximum absolute atomic E-state index is 14.6. The Bertz CT molecular complexity index is 1480. The van der Waals surface area contributed by atoms with Crippen molar-refractivity contribution in [1.82, 2.24) is 20.9 Å². The first-order chi connectivity index (χ1) is 25.3. The molecule has 4 atom stereocenters. The van der Waals surface area contributed by atoms with Gasteiger partial charge in [-0.05, 0) is 94.6 Å². The van der Waals surface area contributed by atoms with Gasteiger partial charge in [-0.25, -0.2) is 4.79 Å². The van der Waals surface area contributed by atoms with Gasteiger partial charge < -0.3 is 30.0 Å². The molecule has 10 heteroatoms. The van der Waals surface area contributed by atoms with Crippen LogP contribution in [0.2, 0.25) is 18.1 Å². The van der Waals surface area contributed by atoms with Crippen LogP contribution >= 0.6 is 0 Å². The molecule has 300 valence electrons. The molecule has 0 radical (unpaired) electrons. The summed E-state index contributed by atoms with van der Waals surface area (Å²) in [5, 5.41) is 9.77. The van der Waals surface area contributed by atoms with Crippen molar-refractivity contribution in [3.05, 3.63) is 77.9 Å². The predicted molar refractivity (Wildman–Crippen MR) is 224 cm³/mol. The minimum Gasteiger partial charge on any atom is -0.444 e. The molecule has 1 fully saturated rings.